The highest BCUT2D eigenvalue weighted by atomic mass is 19.4. The second kappa shape index (κ2) is 10.1. The Labute approximate surface area is 166 Å². The second-order valence-electron chi connectivity index (χ2n) is 6.92. The Morgan fingerprint density at radius 2 is 1.72 bits per heavy atom. The molecule has 0 unspecified atom stereocenters. The van der Waals surface area contributed by atoms with E-state index in [4.69, 9.17) is 0 Å². The van der Waals surface area contributed by atoms with Crippen LogP contribution in [0.1, 0.15) is 32.1 Å². The molecule has 1 aliphatic rings. The van der Waals surface area contributed by atoms with Crippen LogP contribution in [0.15, 0.2) is 24.3 Å². The number of anilines is 1. The molecule has 2 rings (SSSR count). The number of alkyl halides is 3. The van der Waals surface area contributed by atoms with Crippen molar-refractivity contribution >= 4 is 23.4 Å². The molecule has 1 fully saturated rings. The maximum Gasteiger partial charge on any atom is 0.573 e. The molecule has 0 saturated heterocycles. The van der Waals surface area contributed by atoms with Crippen molar-refractivity contribution in [3.63, 3.8) is 0 Å². The summed E-state index contributed by atoms with van der Waals surface area (Å²) in [6.07, 6.45) is -0.000145. The van der Waals surface area contributed by atoms with Gasteiger partial charge in [-0.3, -0.25) is 14.4 Å². The van der Waals surface area contributed by atoms with E-state index >= 15 is 0 Å². The number of likely N-dealkylation sites (N-methyl/N-ethyl adjacent to an activating group) is 1. The third-order valence-electron chi connectivity index (χ3n) is 4.57. The first-order valence-electron chi connectivity index (χ1n) is 9.31. The van der Waals surface area contributed by atoms with E-state index in [2.05, 4.69) is 15.4 Å². The third-order valence-corrected chi connectivity index (χ3v) is 4.57. The highest BCUT2D eigenvalue weighted by Crippen LogP contribution is 2.24. The Balaban J connectivity index is 1.74. The van der Waals surface area contributed by atoms with E-state index in [0.29, 0.717) is 0 Å². The highest BCUT2D eigenvalue weighted by Gasteiger charge is 2.31. The summed E-state index contributed by atoms with van der Waals surface area (Å²) in [5.74, 6) is -1.55. The summed E-state index contributed by atoms with van der Waals surface area (Å²) in [6, 6.07) is 4.65. The van der Waals surface area contributed by atoms with Crippen LogP contribution in [0.4, 0.5) is 18.9 Å². The maximum atomic E-state index is 12.1. The standard InChI is InChI=1S/C19H24F3N3O4/c1-25(17(27)11-23-18(28)13-5-3-2-4-6-13)12-16(26)24-14-7-9-15(10-8-14)29-19(20,21)22/h7-10,13H,2-6,11-12H2,1H3,(H,23,28)(H,24,26). The first-order valence-corrected chi connectivity index (χ1v) is 9.31. The average molecular weight is 415 g/mol. The van der Waals surface area contributed by atoms with E-state index < -0.39 is 23.9 Å². The Morgan fingerprint density at radius 1 is 1.10 bits per heavy atom. The van der Waals surface area contributed by atoms with Crippen LogP contribution < -0.4 is 15.4 Å². The summed E-state index contributed by atoms with van der Waals surface area (Å²) < 4.78 is 40.1. The molecule has 160 valence electrons. The van der Waals surface area contributed by atoms with Crippen molar-refractivity contribution in [1.82, 2.24) is 10.2 Å². The number of hydrogen-bond donors (Lipinski definition) is 2. The predicted molar refractivity (Wildman–Crippen MR) is 99.0 cm³/mol. The van der Waals surface area contributed by atoms with Gasteiger partial charge in [-0.2, -0.15) is 0 Å². The molecule has 10 heteroatoms. The molecule has 0 aromatic heterocycles. The van der Waals surface area contributed by atoms with Crippen LogP contribution in [0.2, 0.25) is 0 Å². The van der Waals surface area contributed by atoms with E-state index in [0.717, 1.165) is 49.1 Å². The van der Waals surface area contributed by atoms with Gasteiger partial charge in [0.25, 0.3) is 0 Å². The number of rotatable bonds is 7. The molecule has 3 amide bonds. The zero-order chi connectivity index (χ0) is 21.4. The minimum atomic E-state index is -4.79. The van der Waals surface area contributed by atoms with Crippen LogP contribution in [0.5, 0.6) is 5.75 Å². The van der Waals surface area contributed by atoms with Gasteiger partial charge in [0.05, 0.1) is 13.1 Å². The van der Waals surface area contributed by atoms with Gasteiger partial charge >= 0.3 is 6.36 Å². The SMILES string of the molecule is CN(CC(=O)Nc1ccc(OC(F)(F)F)cc1)C(=O)CNC(=O)C1CCCCC1. The third kappa shape index (κ3) is 8.00. The van der Waals surface area contributed by atoms with Gasteiger partial charge in [-0.1, -0.05) is 19.3 Å². The van der Waals surface area contributed by atoms with Crippen molar-refractivity contribution in [3.8, 4) is 5.75 Å². The van der Waals surface area contributed by atoms with Gasteiger partial charge in [-0.05, 0) is 37.1 Å². The van der Waals surface area contributed by atoms with E-state index in [1.807, 2.05) is 0 Å². The fourth-order valence-electron chi connectivity index (χ4n) is 3.05. The Kier molecular flexibility index (Phi) is 7.86. The number of nitrogens with one attached hydrogen (secondary N) is 2. The summed E-state index contributed by atoms with van der Waals surface area (Å²) in [4.78, 5) is 37.4. The number of carbonyl (C=O) groups excluding carboxylic acids is 3. The fourth-order valence-corrected chi connectivity index (χ4v) is 3.05. The summed E-state index contributed by atoms with van der Waals surface area (Å²) >= 11 is 0. The minimum Gasteiger partial charge on any atom is -0.406 e. The van der Waals surface area contributed by atoms with E-state index in [9.17, 15) is 27.6 Å². The van der Waals surface area contributed by atoms with Crippen LogP contribution >= 0.6 is 0 Å². The summed E-state index contributed by atoms with van der Waals surface area (Å²) in [5, 5.41) is 5.09. The molecule has 1 aliphatic carbocycles. The van der Waals surface area contributed by atoms with Crippen molar-refractivity contribution in [1.29, 1.82) is 0 Å². The highest BCUT2D eigenvalue weighted by molar-refractivity contribution is 5.95. The van der Waals surface area contributed by atoms with Crippen molar-refractivity contribution < 1.29 is 32.3 Å². The van der Waals surface area contributed by atoms with E-state index in [-0.39, 0.29) is 30.6 Å². The lowest BCUT2D eigenvalue weighted by molar-refractivity contribution is -0.274. The van der Waals surface area contributed by atoms with Gasteiger partial charge in [0.2, 0.25) is 17.7 Å². The van der Waals surface area contributed by atoms with E-state index in [1.54, 1.807) is 0 Å². The summed E-state index contributed by atoms with van der Waals surface area (Å²) in [7, 11) is 1.43. The predicted octanol–water partition coefficient (Wildman–Crippen LogP) is 2.68. The first-order chi connectivity index (χ1) is 13.6. The topological polar surface area (TPSA) is 87.7 Å². The van der Waals surface area contributed by atoms with Crippen molar-refractivity contribution in [2.75, 3.05) is 25.5 Å². The van der Waals surface area contributed by atoms with Crippen molar-refractivity contribution in [2.24, 2.45) is 5.92 Å². The Bertz CT molecular complexity index is 716. The average Bonchev–Trinajstić information content (AvgIpc) is 2.66. The van der Waals surface area contributed by atoms with Gasteiger partial charge in [-0.15, -0.1) is 13.2 Å². The molecule has 0 atom stereocenters. The van der Waals surface area contributed by atoms with Gasteiger partial charge < -0.3 is 20.3 Å². The zero-order valence-electron chi connectivity index (χ0n) is 16.1. The van der Waals surface area contributed by atoms with E-state index in [1.165, 1.54) is 19.2 Å². The van der Waals surface area contributed by atoms with Gasteiger partial charge in [0, 0.05) is 18.7 Å². The van der Waals surface area contributed by atoms with Crippen LogP contribution in [0.3, 0.4) is 0 Å². The summed E-state index contributed by atoms with van der Waals surface area (Å²) in [5.41, 5.74) is 0.260. The number of halogens is 3. The quantitative estimate of drug-likeness (QED) is 0.717. The van der Waals surface area contributed by atoms with Gasteiger partial charge in [0.1, 0.15) is 5.75 Å². The number of benzene rings is 1. The van der Waals surface area contributed by atoms with Crippen molar-refractivity contribution in [3.05, 3.63) is 24.3 Å². The van der Waals surface area contributed by atoms with Gasteiger partial charge in [-0.25, -0.2) is 0 Å². The Hall–Kier alpha value is -2.78. The number of hydrogen-bond acceptors (Lipinski definition) is 4. The molecule has 1 saturated carbocycles. The number of ether oxygens (including phenoxy) is 1. The first kappa shape index (κ1) is 22.5. The lowest BCUT2D eigenvalue weighted by Gasteiger charge is -2.22. The lowest BCUT2D eigenvalue weighted by Crippen LogP contribution is -2.43. The zero-order valence-corrected chi connectivity index (χ0v) is 16.1. The molecule has 0 aliphatic heterocycles. The number of carbonyl (C=O) groups is 3. The molecule has 29 heavy (non-hydrogen) atoms. The van der Waals surface area contributed by atoms with Gasteiger partial charge in [0.15, 0.2) is 0 Å². The molecule has 1 aromatic carbocycles. The molecule has 0 heterocycles. The summed E-state index contributed by atoms with van der Waals surface area (Å²) in [6.45, 7) is -0.457. The maximum absolute atomic E-state index is 12.1. The van der Waals surface area contributed by atoms with Crippen LogP contribution in [0, 0.1) is 5.92 Å². The van der Waals surface area contributed by atoms with Crippen LogP contribution in [-0.4, -0.2) is 49.1 Å². The molecule has 7 nitrogen and oxygen atoms in total. The molecular formula is C19H24F3N3O4. The molecular weight excluding hydrogens is 391 g/mol. The molecule has 2 N–H and O–H groups in total. The smallest absolute Gasteiger partial charge is 0.406 e. The lowest BCUT2D eigenvalue weighted by atomic mass is 9.89. The molecule has 0 spiro atoms. The van der Waals surface area contributed by atoms with Crippen molar-refractivity contribution in [2.45, 2.75) is 38.5 Å². The molecule has 0 bridgehead atoms. The largest absolute Gasteiger partial charge is 0.573 e. The van der Waals surface area contributed by atoms with Crippen LogP contribution in [-0.2, 0) is 14.4 Å². The molecule has 0 radical (unpaired) electrons. The molecule has 1 aromatic rings. The minimum absolute atomic E-state index is 0.0607. The second-order valence-corrected chi connectivity index (χ2v) is 6.92. The number of nitrogens with zero attached hydrogens (tertiary/aromatic N) is 1. The number of amides is 3. The fraction of sp³-hybridized carbons (Fsp3) is 0.526. The normalized spacial score (nSPS) is 14.8. The van der Waals surface area contributed by atoms with Crippen LogP contribution in [0.25, 0.3) is 0 Å². The Morgan fingerprint density at radius 3 is 2.31 bits per heavy atom. The monoisotopic (exact) mass is 415 g/mol.